The van der Waals surface area contributed by atoms with E-state index in [1.165, 1.54) is 39.9 Å². The average Bonchev–Trinajstić information content (AvgIpc) is 3.28. The molecule has 0 aliphatic carbocycles. The molecular formula is C28H36Li2Si2. The van der Waals surface area contributed by atoms with Crippen molar-refractivity contribution >= 4 is 47.1 Å². The Bertz CT molecular complexity index is 1200. The van der Waals surface area contributed by atoms with Crippen LogP contribution in [0.15, 0.2) is 60.7 Å². The van der Waals surface area contributed by atoms with E-state index >= 15 is 0 Å². The third-order valence-electron chi connectivity index (χ3n) is 7.99. The molecule has 0 aliphatic heterocycles. The predicted octanol–water partition coefficient (Wildman–Crippen LogP) is 1.26. The van der Waals surface area contributed by atoms with Crippen LogP contribution in [0.2, 0.25) is 26.2 Å². The van der Waals surface area contributed by atoms with Crippen LogP contribution in [-0.4, -0.2) is 15.2 Å². The molecule has 4 heteroatoms. The van der Waals surface area contributed by atoms with Crippen molar-refractivity contribution in [3.63, 3.8) is 0 Å². The number of fused-ring (bicyclic) bond motifs is 2. The fourth-order valence-corrected chi connectivity index (χ4v) is 14.9. The molecule has 4 aromatic rings. The minimum Gasteiger partial charge on any atom is -0.148 e. The Balaban J connectivity index is 0.00000181. The van der Waals surface area contributed by atoms with E-state index in [2.05, 4.69) is 108 Å². The summed E-state index contributed by atoms with van der Waals surface area (Å²) >= 11 is 0. The normalized spacial score (nSPS) is 13.1. The fraction of sp³-hybridized carbons (Fsp3) is 0.357. The summed E-state index contributed by atoms with van der Waals surface area (Å²) in [4.78, 5) is 0. The summed E-state index contributed by atoms with van der Waals surface area (Å²) in [5, 5.41) is 9.34. The molecule has 0 saturated carbocycles. The van der Waals surface area contributed by atoms with Crippen molar-refractivity contribution in [2.24, 2.45) is 0 Å². The summed E-state index contributed by atoms with van der Waals surface area (Å²) in [7, 11) is -3.44. The number of hydrogen-bond donors (Lipinski definition) is 0. The van der Waals surface area contributed by atoms with Crippen molar-refractivity contribution in [2.45, 2.75) is 65.7 Å². The molecule has 0 radical (unpaired) electrons. The summed E-state index contributed by atoms with van der Waals surface area (Å²) in [5.41, 5.74) is 3.02. The number of hydrogen-bond acceptors (Lipinski definition) is 0. The van der Waals surface area contributed by atoms with E-state index in [4.69, 9.17) is 0 Å². The van der Waals surface area contributed by atoms with E-state index in [0.717, 1.165) is 0 Å². The van der Waals surface area contributed by atoms with Crippen molar-refractivity contribution in [2.75, 3.05) is 0 Å². The summed E-state index contributed by atoms with van der Waals surface area (Å²) in [6.07, 6.45) is 2.51. The van der Waals surface area contributed by atoms with Crippen LogP contribution in [0.25, 0.3) is 21.5 Å². The first-order valence-corrected chi connectivity index (χ1v) is 18.5. The maximum absolute atomic E-state index is 2.65. The van der Waals surface area contributed by atoms with Gasteiger partial charge in [0.15, 0.2) is 0 Å². The molecule has 0 amide bonds. The monoisotopic (exact) mass is 442 g/mol. The maximum Gasteiger partial charge on any atom is 1.00 e. The molecule has 0 bridgehead atoms. The Morgan fingerprint density at radius 2 is 1.28 bits per heavy atom. The Morgan fingerprint density at radius 3 is 1.84 bits per heavy atom. The predicted molar refractivity (Wildman–Crippen MR) is 141 cm³/mol. The van der Waals surface area contributed by atoms with Crippen molar-refractivity contribution in [3.8, 4) is 0 Å². The second-order valence-corrected chi connectivity index (χ2v) is 25.4. The second kappa shape index (κ2) is 10.3. The van der Waals surface area contributed by atoms with Crippen molar-refractivity contribution in [3.05, 3.63) is 71.8 Å². The molecule has 1 unspecified atom stereocenters. The Morgan fingerprint density at radius 1 is 0.781 bits per heavy atom. The molecule has 1 atom stereocenters. The summed E-state index contributed by atoms with van der Waals surface area (Å²) in [6.45, 7) is 17.6. The third kappa shape index (κ3) is 4.36. The maximum atomic E-state index is 2.65. The van der Waals surface area contributed by atoms with Gasteiger partial charge in [0, 0.05) is 15.2 Å². The van der Waals surface area contributed by atoms with E-state index in [0.29, 0.717) is 5.92 Å². The van der Waals surface area contributed by atoms with Crippen LogP contribution in [0.4, 0.5) is 0 Å². The average molecular weight is 443 g/mol. The van der Waals surface area contributed by atoms with Gasteiger partial charge in [0.25, 0.3) is 0 Å². The minimum absolute atomic E-state index is 0. The molecule has 4 aromatic carbocycles. The van der Waals surface area contributed by atoms with E-state index in [-0.39, 0.29) is 37.7 Å². The summed E-state index contributed by atoms with van der Waals surface area (Å²) in [5.74, 6) is 0.630. The Kier molecular flexibility index (Phi) is 8.84. The zero-order chi connectivity index (χ0) is 21.7. The summed E-state index contributed by atoms with van der Waals surface area (Å²) < 4.78 is 0. The number of rotatable bonds is 6. The van der Waals surface area contributed by atoms with Crippen LogP contribution in [0.5, 0.6) is 0 Å². The molecule has 4 rings (SSSR count). The van der Waals surface area contributed by atoms with Crippen LogP contribution in [0, 0.1) is 6.92 Å². The quantitative estimate of drug-likeness (QED) is 0.312. The Hall–Kier alpha value is -0.711. The van der Waals surface area contributed by atoms with Gasteiger partial charge in [-0.1, -0.05) is 64.2 Å². The smallest absolute Gasteiger partial charge is 0.148 e. The van der Waals surface area contributed by atoms with Gasteiger partial charge >= 0.3 is 37.7 Å². The fourth-order valence-electron chi connectivity index (χ4n) is 5.42. The summed E-state index contributed by atoms with van der Waals surface area (Å²) in [6, 6.07) is 23.4. The van der Waals surface area contributed by atoms with Crippen molar-refractivity contribution < 1.29 is 37.7 Å². The standard InChI is InChI=1S/C28H36Si2.2Li/c1-8-13-20(2)26-19-28(25-17-12-10-15-23(25)26)30(6,7)29(4,5)27-18-21(3)22-14-9-11-16-24(22)27;;/h9-12,14-20H,8,13H2,1-7H3;;/q-2;2*+1. The second-order valence-electron chi connectivity index (χ2n) is 10.3. The molecule has 0 nitrogen and oxygen atoms in total. The molecule has 32 heavy (non-hydrogen) atoms. The van der Waals surface area contributed by atoms with Gasteiger partial charge in [0.1, 0.15) is 0 Å². The van der Waals surface area contributed by atoms with Crippen LogP contribution < -0.4 is 48.1 Å². The van der Waals surface area contributed by atoms with Crippen LogP contribution >= 0.6 is 0 Å². The van der Waals surface area contributed by atoms with Crippen LogP contribution in [0.1, 0.15) is 43.7 Å². The van der Waals surface area contributed by atoms with E-state index < -0.39 is 15.2 Å². The zero-order valence-electron chi connectivity index (χ0n) is 21.8. The molecule has 158 valence electrons. The van der Waals surface area contributed by atoms with Crippen molar-refractivity contribution in [1.29, 1.82) is 0 Å². The molecule has 0 fully saturated rings. The molecule has 0 aromatic heterocycles. The molecule has 0 saturated heterocycles. The zero-order valence-corrected chi connectivity index (χ0v) is 23.8. The molecule has 0 spiro atoms. The third-order valence-corrected chi connectivity index (χ3v) is 25.6. The number of benzene rings is 2. The Labute approximate surface area is 221 Å². The van der Waals surface area contributed by atoms with Gasteiger partial charge < -0.3 is 0 Å². The van der Waals surface area contributed by atoms with E-state index in [1.807, 2.05) is 0 Å². The first-order valence-electron chi connectivity index (χ1n) is 11.5. The SMILES string of the molecule is CCCC(C)c1cc([Si](C)(C)[Si](C)(C)c2cc(C)[c-]3ccccc23)c2cccc[c-]12.[Li+].[Li+]. The van der Waals surface area contributed by atoms with E-state index in [1.54, 1.807) is 15.9 Å². The number of aryl methyl sites for hydroxylation is 1. The molecule has 0 N–H and O–H groups in total. The topological polar surface area (TPSA) is 0 Å². The van der Waals surface area contributed by atoms with E-state index in [9.17, 15) is 0 Å². The van der Waals surface area contributed by atoms with Crippen molar-refractivity contribution in [1.82, 2.24) is 0 Å². The molecular weight excluding hydrogens is 406 g/mol. The van der Waals surface area contributed by atoms with Gasteiger partial charge in [-0.05, 0) is 12.3 Å². The molecule has 0 aliphatic rings. The largest absolute Gasteiger partial charge is 1.00 e. The van der Waals surface area contributed by atoms with Gasteiger partial charge in [0.2, 0.25) is 0 Å². The van der Waals surface area contributed by atoms with Gasteiger partial charge in [-0.15, -0.1) is 92.9 Å². The van der Waals surface area contributed by atoms with Gasteiger partial charge in [-0.25, -0.2) is 0 Å². The first kappa shape index (κ1) is 27.5. The van der Waals surface area contributed by atoms with Crippen LogP contribution in [0.3, 0.4) is 0 Å². The first-order chi connectivity index (χ1) is 14.2. The van der Waals surface area contributed by atoms with Crippen LogP contribution in [-0.2, 0) is 0 Å². The molecule has 0 heterocycles. The van der Waals surface area contributed by atoms with Gasteiger partial charge in [-0.2, -0.15) is 0 Å². The van der Waals surface area contributed by atoms with Gasteiger partial charge in [-0.3, -0.25) is 0 Å². The van der Waals surface area contributed by atoms with Gasteiger partial charge in [0.05, 0.1) is 0 Å². The minimum atomic E-state index is -1.73.